The van der Waals surface area contributed by atoms with Gasteiger partial charge in [0.15, 0.2) is 11.4 Å². The van der Waals surface area contributed by atoms with E-state index in [4.69, 9.17) is 21.6 Å². The molecule has 0 aliphatic carbocycles. The molecule has 0 aromatic heterocycles. The number of carbonyl (C=O) groups is 1. The lowest BCUT2D eigenvalue weighted by atomic mass is 10.1. The van der Waals surface area contributed by atoms with Crippen molar-refractivity contribution in [3.05, 3.63) is 53.1 Å². The number of nitrogens with one attached hydrogen (secondary N) is 1. The molecule has 1 aliphatic heterocycles. The van der Waals surface area contributed by atoms with E-state index in [0.717, 1.165) is 17.9 Å². The zero-order chi connectivity index (χ0) is 22.9. The summed E-state index contributed by atoms with van der Waals surface area (Å²) in [5, 5.41) is 12.4. The number of rotatable bonds is 6. The largest absolute Gasteiger partial charge is 0.494 e. The van der Waals surface area contributed by atoms with Crippen LogP contribution in [-0.4, -0.2) is 55.0 Å². The van der Waals surface area contributed by atoms with Crippen LogP contribution in [0.5, 0.6) is 5.75 Å². The van der Waals surface area contributed by atoms with Gasteiger partial charge in [-0.3, -0.25) is 10.1 Å². The van der Waals surface area contributed by atoms with E-state index in [1.54, 1.807) is 6.07 Å². The lowest BCUT2D eigenvalue weighted by Crippen LogP contribution is -2.48. The van der Waals surface area contributed by atoms with Crippen LogP contribution in [0.1, 0.15) is 23.7 Å². The molecular weight excluding hydrogens is 446 g/mol. The highest BCUT2D eigenvalue weighted by Crippen LogP contribution is 2.31. The molecule has 1 aliphatic rings. The molecule has 0 radical (unpaired) electrons. The number of carbonyl (C=O) groups excluding carboxylic acids is 1. The van der Waals surface area contributed by atoms with Crippen LogP contribution in [0.4, 0.5) is 11.4 Å². The maximum Gasteiger partial charge on any atom is 0.253 e. The van der Waals surface area contributed by atoms with Crippen molar-refractivity contribution in [3.63, 3.8) is 0 Å². The molecule has 168 valence electrons. The van der Waals surface area contributed by atoms with Gasteiger partial charge in [-0.25, -0.2) is 4.99 Å². The number of hydrogen-bond acceptors (Lipinski definition) is 6. The summed E-state index contributed by atoms with van der Waals surface area (Å²) in [7, 11) is 0. The first-order chi connectivity index (χ1) is 15.5. The Bertz CT molecular complexity index is 998. The van der Waals surface area contributed by atoms with Crippen molar-refractivity contribution < 1.29 is 9.53 Å². The van der Waals surface area contributed by atoms with Crippen molar-refractivity contribution in [2.45, 2.75) is 13.3 Å². The first-order valence-electron chi connectivity index (χ1n) is 10.4. The number of ether oxygens (including phenoxy) is 1. The topological polar surface area (TPSA) is 81.0 Å². The smallest absolute Gasteiger partial charge is 0.253 e. The second kappa shape index (κ2) is 11.7. The highest BCUT2D eigenvalue weighted by molar-refractivity contribution is 8.13. The molecule has 2 aromatic rings. The molecule has 32 heavy (non-hydrogen) atoms. The SMILES string of the molecule is CCCOc1ccc(C(=O)N2CCN(c3ccc(N=C(NC#N)SC)cc3Cl)CC2)cc1. The number of thioether (sulfide) groups is 1. The standard InChI is InChI=1S/C23H26ClN5O2S/c1-3-14-31-19-7-4-17(5-8-19)22(30)29-12-10-28(11-13-29)21-9-6-18(15-20(21)24)27-23(32-2)26-16-25/h4-9,15H,3,10-14H2,1-2H3,(H,26,27). The zero-order valence-corrected chi connectivity index (χ0v) is 19.7. The number of benzene rings is 2. The van der Waals surface area contributed by atoms with E-state index in [-0.39, 0.29) is 5.91 Å². The summed E-state index contributed by atoms with van der Waals surface area (Å²) in [4.78, 5) is 21.3. The average Bonchev–Trinajstić information content (AvgIpc) is 2.82. The van der Waals surface area contributed by atoms with Crippen molar-refractivity contribution in [1.82, 2.24) is 10.2 Å². The summed E-state index contributed by atoms with van der Waals surface area (Å²) < 4.78 is 5.59. The Labute approximate surface area is 198 Å². The van der Waals surface area contributed by atoms with E-state index in [0.29, 0.717) is 54.2 Å². The fourth-order valence-electron chi connectivity index (χ4n) is 3.36. The van der Waals surface area contributed by atoms with E-state index in [9.17, 15) is 4.79 Å². The number of nitriles is 1. The molecular formula is C23H26ClN5O2S. The number of nitrogens with zero attached hydrogens (tertiary/aromatic N) is 4. The van der Waals surface area contributed by atoms with Crippen LogP contribution in [0, 0.1) is 11.5 Å². The summed E-state index contributed by atoms with van der Waals surface area (Å²) in [5.74, 6) is 0.806. The van der Waals surface area contributed by atoms with E-state index in [1.807, 2.05) is 53.7 Å². The Kier molecular flexibility index (Phi) is 8.65. The van der Waals surface area contributed by atoms with Crippen molar-refractivity contribution in [1.29, 1.82) is 5.26 Å². The number of halogens is 1. The van der Waals surface area contributed by atoms with Gasteiger partial charge in [0.05, 0.1) is 23.0 Å². The normalized spacial score (nSPS) is 14.1. The van der Waals surface area contributed by atoms with E-state index in [1.165, 1.54) is 11.8 Å². The van der Waals surface area contributed by atoms with Gasteiger partial charge in [0.1, 0.15) is 5.75 Å². The van der Waals surface area contributed by atoms with Gasteiger partial charge in [0.2, 0.25) is 0 Å². The number of hydrogen-bond donors (Lipinski definition) is 1. The summed E-state index contributed by atoms with van der Waals surface area (Å²) in [5.41, 5.74) is 2.25. The maximum atomic E-state index is 12.9. The van der Waals surface area contributed by atoms with Gasteiger partial charge in [-0.1, -0.05) is 30.3 Å². The van der Waals surface area contributed by atoms with Gasteiger partial charge in [-0.05, 0) is 55.1 Å². The molecule has 0 spiro atoms. The molecule has 1 saturated heterocycles. The first kappa shape index (κ1) is 23.8. The minimum atomic E-state index is 0.0251. The molecule has 0 bridgehead atoms. The molecule has 1 fully saturated rings. The predicted octanol–water partition coefficient (Wildman–Crippen LogP) is 4.51. The Balaban J connectivity index is 1.60. The van der Waals surface area contributed by atoms with E-state index in [2.05, 4.69) is 22.1 Å². The number of piperazine rings is 1. The third-order valence-corrected chi connectivity index (χ3v) is 5.88. The fourth-order valence-corrected chi connectivity index (χ4v) is 4.00. The second-order valence-corrected chi connectivity index (χ2v) is 8.35. The van der Waals surface area contributed by atoms with Crippen molar-refractivity contribution in [3.8, 4) is 11.9 Å². The summed E-state index contributed by atoms with van der Waals surface area (Å²) in [6.07, 6.45) is 4.66. The minimum absolute atomic E-state index is 0.0251. The predicted molar refractivity (Wildman–Crippen MR) is 131 cm³/mol. The number of anilines is 1. The lowest BCUT2D eigenvalue weighted by molar-refractivity contribution is 0.0747. The highest BCUT2D eigenvalue weighted by atomic mass is 35.5. The van der Waals surface area contributed by atoms with Crippen LogP contribution < -0.4 is 15.0 Å². The van der Waals surface area contributed by atoms with Gasteiger partial charge in [0, 0.05) is 31.7 Å². The Hall–Kier alpha value is -2.89. The first-order valence-corrected chi connectivity index (χ1v) is 12.0. The van der Waals surface area contributed by atoms with Crippen LogP contribution in [0.3, 0.4) is 0 Å². The third kappa shape index (κ3) is 6.09. The zero-order valence-electron chi connectivity index (χ0n) is 18.2. The van der Waals surface area contributed by atoms with Crippen LogP contribution in [0.25, 0.3) is 0 Å². The van der Waals surface area contributed by atoms with Gasteiger partial charge in [-0.2, -0.15) is 5.26 Å². The van der Waals surface area contributed by atoms with Crippen molar-refractivity contribution >= 4 is 45.8 Å². The number of amides is 1. The Morgan fingerprint density at radius 2 is 1.94 bits per heavy atom. The molecule has 3 rings (SSSR count). The molecule has 1 N–H and O–H groups in total. The molecule has 1 amide bonds. The summed E-state index contributed by atoms with van der Waals surface area (Å²) in [6, 6.07) is 12.9. The highest BCUT2D eigenvalue weighted by Gasteiger charge is 2.23. The van der Waals surface area contributed by atoms with E-state index < -0.39 is 0 Å². The molecule has 0 unspecified atom stereocenters. The molecule has 2 aromatic carbocycles. The average molecular weight is 472 g/mol. The van der Waals surface area contributed by atoms with Crippen molar-refractivity contribution in [2.75, 3.05) is 43.9 Å². The monoisotopic (exact) mass is 471 g/mol. The van der Waals surface area contributed by atoms with Gasteiger partial charge >= 0.3 is 0 Å². The summed E-state index contributed by atoms with van der Waals surface area (Å²) >= 11 is 7.87. The van der Waals surface area contributed by atoms with Crippen LogP contribution in [0.2, 0.25) is 5.02 Å². The molecule has 0 saturated carbocycles. The van der Waals surface area contributed by atoms with Gasteiger partial charge in [0.25, 0.3) is 5.91 Å². The molecule has 7 nitrogen and oxygen atoms in total. The van der Waals surface area contributed by atoms with Crippen molar-refractivity contribution in [2.24, 2.45) is 4.99 Å². The lowest BCUT2D eigenvalue weighted by Gasteiger charge is -2.36. The van der Waals surface area contributed by atoms with Crippen LogP contribution in [0.15, 0.2) is 47.5 Å². The van der Waals surface area contributed by atoms with Crippen LogP contribution >= 0.6 is 23.4 Å². The second-order valence-electron chi connectivity index (χ2n) is 7.15. The third-order valence-electron chi connectivity index (χ3n) is 5.00. The summed E-state index contributed by atoms with van der Waals surface area (Å²) in [6.45, 7) is 5.34. The molecule has 1 heterocycles. The number of aliphatic imine (C=N–C) groups is 1. The van der Waals surface area contributed by atoms with Gasteiger partial charge < -0.3 is 14.5 Å². The van der Waals surface area contributed by atoms with Gasteiger partial charge in [-0.15, -0.1) is 0 Å². The Morgan fingerprint density at radius 3 is 2.53 bits per heavy atom. The number of amidine groups is 1. The fraction of sp³-hybridized carbons (Fsp3) is 0.348. The molecule has 9 heteroatoms. The Morgan fingerprint density at radius 1 is 1.22 bits per heavy atom. The molecule has 0 atom stereocenters. The van der Waals surface area contributed by atoms with Crippen LogP contribution in [-0.2, 0) is 0 Å². The maximum absolute atomic E-state index is 12.9. The van der Waals surface area contributed by atoms with E-state index >= 15 is 0 Å². The quantitative estimate of drug-likeness (QED) is 0.289. The minimum Gasteiger partial charge on any atom is -0.494 e.